The van der Waals surface area contributed by atoms with E-state index in [9.17, 15) is 8.42 Å². The lowest BCUT2D eigenvalue weighted by atomic mass is 10.1. The fourth-order valence-electron chi connectivity index (χ4n) is 2.91. The van der Waals surface area contributed by atoms with Crippen molar-refractivity contribution in [3.8, 4) is 5.82 Å². The van der Waals surface area contributed by atoms with E-state index in [1.54, 1.807) is 12.4 Å². The first kappa shape index (κ1) is 16.9. The van der Waals surface area contributed by atoms with Crippen LogP contribution in [-0.2, 0) is 10.0 Å². The molecule has 0 aromatic carbocycles. The van der Waals surface area contributed by atoms with Crippen LogP contribution in [0.4, 0.5) is 5.82 Å². The van der Waals surface area contributed by atoms with Gasteiger partial charge in [0.1, 0.15) is 5.82 Å². The minimum absolute atomic E-state index is 0.0184. The lowest BCUT2D eigenvalue weighted by Gasteiger charge is -2.32. The molecule has 3 rings (SSSR count). The Balaban J connectivity index is 1.57. The summed E-state index contributed by atoms with van der Waals surface area (Å²) < 4.78 is 28.4. The Hall–Kier alpha value is -1.93. The molecular formula is C16H23N5O2S. The van der Waals surface area contributed by atoms with Gasteiger partial charge in [0.05, 0.1) is 18.1 Å². The highest BCUT2D eigenvalue weighted by Gasteiger charge is 2.23. The Labute approximate surface area is 142 Å². The summed E-state index contributed by atoms with van der Waals surface area (Å²) >= 11 is 0. The van der Waals surface area contributed by atoms with Gasteiger partial charge in [-0.25, -0.2) is 23.1 Å². The number of rotatable bonds is 6. The summed E-state index contributed by atoms with van der Waals surface area (Å²) in [5.74, 6) is 1.81. The van der Waals surface area contributed by atoms with Crippen LogP contribution in [0.5, 0.6) is 0 Å². The summed E-state index contributed by atoms with van der Waals surface area (Å²) in [6.45, 7) is 3.42. The molecule has 1 aliphatic heterocycles. The van der Waals surface area contributed by atoms with Gasteiger partial charge in [0, 0.05) is 31.5 Å². The van der Waals surface area contributed by atoms with Crippen LogP contribution < -0.4 is 9.62 Å². The minimum Gasteiger partial charge on any atom is -0.355 e. The molecule has 2 aromatic heterocycles. The zero-order valence-corrected chi connectivity index (χ0v) is 14.6. The molecule has 8 heteroatoms. The van der Waals surface area contributed by atoms with Gasteiger partial charge in [-0.3, -0.25) is 0 Å². The molecular weight excluding hydrogens is 326 g/mol. The van der Waals surface area contributed by atoms with Gasteiger partial charge in [0.25, 0.3) is 0 Å². The molecule has 0 spiro atoms. The number of aromatic nitrogens is 3. The molecule has 0 atom stereocenters. The highest BCUT2D eigenvalue weighted by molar-refractivity contribution is 7.89. The van der Waals surface area contributed by atoms with E-state index in [4.69, 9.17) is 0 Å². The van der Waals surface area contributed by atoms with Crippen molar-refractivity contribution in [3.63, 3.8) is 0 Å². The summed E-state index contributed by atoms with van der Waals surface area (Å²) in [6.07, 6.45) is 9.59. The zero-order chi connectivity index (χ0) is 17.0. The lowest BCUT2D eigenvalue weighted by molar-refractivity contribution is 0.458. The van der Waals surface area contributed by atoms with Crippen LogP contribution in [0, 0.1) is 0 Å². The SMILES string of the molecule is CCCS(=O)(=O)NC1CCN(c2cnc(-n3cccc3)cn2)CC1. The molecule has 7 nitrogen and oxygen atoms in total. The van der Waals surface area contributed by atoms with Crippen molar-refractivity contribution in [1.82, 2.24) is 19.3 Å². The van der Waals surface area contributed by atoms with E-state index >= 15 is 0 Å². The maximum absolute atomic E-state index is 11.9. The normalized spacial score (nSPS) is 16.5. The van der Waals surface area contributed by atoms with Crippen molar-refractivity contribution < 1.29 is 8.42 Å². The molecule has 0 unspecified atom stereocenters. The minimum atomic E-state index is -3.14. The van der Waals surface area contributed by atoms with E-state index in [1.165, 1.54) is 0 Å². The van der Waals surface area contributed by atoms with Gasteiger partial charge >= 0.3 is 0 Å². The summed E-state index contributed by atoms with van der Waals surface area (Å²) in [5.41, 5.74) is 0. The van der Waals surface area contributed by atoms with Gasteiger partial charge in [0.15, 0.2) is 5.82 Å². The molecule has 1 fully saturated rings. The third kappa shape index (κ3) is 4.12. The second-order valence-electron chi connectivity index (χ2n) is 6.02. The van der Waals surface area contributed by atoms with Gasteiger partial charge in [-0.2, -0.15) is 0 Å². The fraction of sp³-hybridized carbons (Fsp3) is 0.500. The fourth-order valence-corrected chi connectivity index (χ4v) is 4.31. The number of hydrogen-bond acceptors (Lipinski definition) is 5. The Kier molecular flexibility index (Phi) is 5.15. The lowest BCUT2D eigenvalue weighted by Crippen LogP contribution is -2.45. The number of piperidine rings is 1. The van der Waals surface area contributed by atoms with E-state index in [1.807, 2.05) is 36.0 Å². The first-order chi connectivity index (χ1) is 11.6. The Morgan fingerprint density at radius 1 is 1.12 bits per heavy atom. The van der Waals surface area contributed by atoms with Gasteiger partial charge in [-0.15, -0.1) is 0 Å². The smallest absolute Gasteiger partial charge is 0.211 e. The number of sulfonamides is 1. The number of anilines is 1. The van der Waals surface area contributed by atoms with Crippen molar-refractivity contribution in [2.45, 2.75) is 32.2 Å². The van der Waals surface area contributed by atoms with Crippen molar-refractivity contribution in [1.29, 1.82) is 0 Å². The first-order valence-electron chi connectivity index (χ1n) is 8.28. The molecule has 0 saturated carbocycles. The molecule has 24 heavy (non-hydrogen) atoms. The first-order valence-corrected chi connectivity index (χ1v) is 9.93. The highest BCUT2D eigenvalue weighted by Crippen LogP contribution is 2.18. The van der Waals surface area contributed by atoms with Crippen LogP contribution >= 0.6 is 0 Å². The largest absolute Gasteiger partial charge is 0.355 e. The summed E-state index contributed by atoms with van der Waals surface area (Å²) in [5, 5.41) is 0. The van der Waals surface area contributed by atoms with Crippen LogP contribution in [0.25, 0.3) is 5.82 Å². The molecule has 0 aliphatic carbocycles. The molecule has 3 heterocycles. The summed E-state index contributed by atoms with van der Waals surface area (Å²) in [6, 6.07) is 3.91. The van der Waals surface area contributed by atoms with E-state index in [-0.39, 0.29) is 11.8 Å². The Morgan fingerprint density at radius 3 is 2.33 bits per heavy atom. The molecule has 130 valence electrons. The van der Waals surface area contributed by atoms with Crippen molar-refractivity contribution in [3.05, 3.63) is 36.9 Å². The third-order valence-electron chi connectivity index (χ3n) is 4.13. The van der Waals surface area contributed by atoms with Crippen LogP contribution in [0.3, 0.4) is 0 Å². The molecule has 0 radical (unpaired) electrons. The van der Waals surface area contributed by atoms with Crippen LogP contribution in [-0.4, -0.2) is 47.8 Å². The molecule has 0 amide bonds. The second kappa shape index (κ2) is 7.31. The summed E-state index contributed by atoms with van der Waals surface area (Å²) in [7, 11) is -3.14. The van der Waals surface area contributed by atoms with Crippen LogP contribution in [0.15, 0.2) is 36.9 Å². The molecule has 1 saturated heterocycles. The predicted octanol–water partition coefficient (Wildman–Crippen LogP) is 1.57. The van der Waals surface area contributed by atoms with E-state index in [2.05, 4.69) is 19.6 Å². The number of hydrogen-bond donors (Lipinski definition) is 1. The van der Waals surface area contributed by atoms with Crippen molar-refractivity contribution >= 4 is 15.8 Å². The Bertz CT molecular complexity index is 735. The third-order valence-corrected chi connectivity index (χ3v) is 5.77. The topological polar surface area (TPSA) is 80.1 Å². The monoisotopic (exact) mass is 349 g/mol. The second-order valence-corrected chi connectivity index (χ2v) is 7.89. The van der Waals surface area contributed by atoms with Crippen LogP contribution in [0.2, 0.25) is 0 Å². The van der Waals surface area contributed by atoms with Gasteiger partial charge in [-0.1, -0.05) is 6.92 Å². The van der Waals surface area contributed by atoms with Gasteiger partial charge in [0.2, 0.25) is 10.0 Å². The van der Waals surface area contributed by atoms with Crippen molar-refractivity contribution in [2.24, 2.45) is 0 Å². The van der Waals surface area contributed by atoms with Crippen LogP contribution in [0.1, 0.15) is 26.2 Å². The maximum Gasteiger partial charge on any atom is 0.211 e. The van der Waals surface area contributed by atoms with E-state index < -0.39 is 10.0 Å². The van der Waals surface area contributed by atoms with Crippen molar-refractivity contribution in [2.75, 3.05) is 23.7 Å². The van der Waals surface area contributed by atoms with Gasteiger partial charge < -0.3 is 9.47 Å². The maximum atomic E-state index is 11.9. The summed E-state index contributed by atoms with van der Waals surface area (Å²) in [4.78, 5) is 11.1. The highest BCUT2D eigenvalue weighted by atomic mass is 32.2. The van der Waals surface area contributed by atoms with E-state index in [0.717, 1.165) is 37.6 Å². The van der Waals surface area contributed by atoms with Gasteiger partial charge in [-0.05, 0) is 31.4 Å². The predicted molar refractivity (Wildman–Crippen MR) is 93.8 cm³/mol. The quantitative estimate of drug-likeness (QED) is 0.856. The molecule has 1 aliphatic rings. The number of nitrogens with one attached hydrogen (secondary N) is 1. The standard InChI is InChI=1S/C16H23N5O2S/c1-2-11-24(22,23)19-14-5-9-21(10-6-14)16-13-17-15(12-18-16)20-7-3-4-8-20/h3-4,7-8,12-14,19H,2,5-6,9-11H2,1H3. The average molecular weight is 349 g/mol. The molecule has 0 bridgehead atoms. The molecule has 2 aromatic rings. The Morgan fingerprint density at radius 2 is 1.75 bits per heavy atom. The molecule has 1 N–H and O–H groups in total. The van der Waals surface area contributed by atoms with E-state index in [0.29, 0.717) is 6.42 Å². The number of nitrogens with zero attached hydrogens (tertiary/aromatic N) is 4. The zero-order valence-electron chi connectivity index (χ0n) is 13.8. The average Bonchev–Trinajstić information content (AvgIpc) is 3.10.